The van der Waals surface area contributed by atoms with Gasteiger partial charge in [-0.25, -0.2) is 9.97 Å². The summed E-state index contributed by atoms with van der Waals surface area (Å²) in [5.41, 5.74) is 8.70. The van der Waals surface area contributed by atoms with E-state index in [-0.39, 0.29) is 0 Å². The Morgan fingerprint density at radius 1 is 0.833 bits per heavy atom. The molecule has 0 aliphatic heterocycles. The van der Waals surface area contributed by atoms with Crippen LogP contribution in [0.15, 0.2) is 60.0 Å². The second-order valence-corrected chi connectivity index (χ2v) is 7.01. The van der Waals surface area contributed by atoms with Gasteiger partial charge in [-0.05, 0) is 42.1 Å². The summed E-state index contributed by atoms with van der Waals surface area (Å²) in [6.07, 6.45) is 2.23. The molecule has 2 nitrogen and oxygen atoms in total. The fourth-order valence-electron chi connectivity index (χ4n) is 3.25. The molecule has 2 aromatic heterocycles. The molecule has 0 fully saturated rings. The number of aryl methyl sites for hydroxylation is 1. The standard InChI is InChI=1S/C21H14N2S/c1-13-8-9-15-16(11-13)17(12-14-5-4-10-24-14)21-20(15)22-18-6-2-3-7-19(18)23-21/h2-12H,1H3/b17-12+. The molecule has 3 heteroatoms. The van der Waals surface area contributed by atoms with Crippen molar-refractivity contribution in [3.63, 3.8) is 0 Å². The summed E-state index contributed by atoms with van der Waals surface area (Å²) in [5.74, 6) is 0. The molecule has 5 rings (SSSR count). The van der Waals surface area contributed by atoms with Crippen molar-refractivity contribution in [2.75, 3.05) is 0 Å². The van der Waals surface area contributed by atoms with Crippen molar-refractivity contribution in [1.82, 2.24) is 9.97 Å². The number of thiophene rings is 1. The Morgan fingerprint density at radius 2 is 1.62 bits per heavy atom. The van der Waals surface area contributed by atoms with Crippen molar-refractivity contribution in [2.24, 2.45) is 0 Å². The number of hydrogen-bond acceptors (Lipinski definition) is 3. The van der Waals surface area contributed by atoms with Crippen molar-refractivity contribution in [3.05, 3.63) is 81.7 Å². The second-order valence-electron chi connectivity index (χ2n) is 6.03. The highest BCUT2D eigenvalue weighted by Crippen LogP contribution is 2.44. The number of aromatic nitrogens is 2. The number of fused-ring (bicyclic) bond motifs is 4. The molecule has 0 radical (unpaired) electrons. The molecule has 0 bridgehead atoms. The molecular weight excluding hydrogens is 312 g/mol. The monoisotopic (exact) mass is 326 g/mol. The normalized spacial score (nSPS) is 14.1. The van der Waals surface area contributed by atoms with Crippen LogP contribution in [-0.4, -0.2) is 9.97 Å². The predicted octanol–water partition coefficient (Wildman–Crippen LogP) is 5.57. The van der Waals surface area contributed by atoms with Gasteiger partial charge in [-0.15, -0.1) is 11.3 Å². The molecule has 0 unspecified atom stereocenters. The summed E-state index contributed by atoms with van der Waals surface area (Å²) in [5, 5.41) is 2.10. The molecule has 0 saturated heterocycles. The Balaban J connectivity index is 1.86. The minimum Gasteiger partial charge on any atom is -0.244 e. The highest BCUT2D eigenvalue weighted by molar-refractivity contribution is 7.10. The Bertz CT molecular complexity index is 1110. The first-order valence-corrected chi connectivity index (χ1v) is 8.81. The molecule has 4 aromatic rings. The molecule has 114 valence electrons. The average molecular weight is 326 g/mol. The number of nitrogens with zero attached hydrogens (tertiary/aromatic N) is 2. The van der Waals surface area contributed by atoms with Crippen LogP contribution in [0, 0.1) is 6.92 Å². The zero-order valence-corrected chi connectivity index (χ0v) is 14.0. The van der Waals surface area contributed by atoms with E-state index in [0.717, 1.165) is 22.4 Å². The Morgan fingerprint density at radius 3 is 2.38 bits per heavy atom. The summed E-state index contributed by atoms with van der Waals surface area (Å²) in [6.45, 7) is 2.13. The van der Waals surface area contributed by atoms with Crippen molar-refractivity contribution < 1.29 is 0 Å². The molecule has 1 aliphatic rings. The second kappa shape index (κ2) is 5.11. The third-order valence-electron chi connectivity index (χ3n) is 4.38. The minimum absolute atomic E-state index is 0.942. The van der Waals surface area contributed by atoms with Crippen LogP contribution in [0.25, 0.3) is 33.9 Å². The van der Waals surface area contributed by atoms with Crippen LogP contribution in [0.2, 0.25) is 0 Å². The minimum atomic E-state index is 0.942. The predicted molar refractivity (Wildman–Crippen MR) is 101 cm³/mol. The smallest absolute Gasteiger partial charge is 0.0980 e. The van der Waals surface area contributed by atoms with E-state index in [1.54, 1.807) is 11.3 Å². The number of rotatable bonds is 1. The van der Waals surface area contributed by atoms with Gasteiger partial charge in [-0.3, -0.25) is 0 Å². The van der Waals surface area contributed by atoms with Crippen molar-refractivity contribution in [1.29, 1.82) is 0 Å². The maximum atomic E-state index is 4.94. The van der Waals surface area contributed by atoms with Crippen LogP contribution in [0.5, 0.6) is 0 Å². The Hall–Kier alpha value is -2.78. The maximum absolute atomic E-state index is 4.94. The van der Waals surface area contributed by atoms with E-state index in [2.05, 4.69) is 48.7 Å². The first-order valence-electron chi connectivity index (χ1n) is 7.93. The molecule has 2 aromatic carbocycles. The van der Waals surface area contributed by atoms with Gasteiger partial charge in [-0.1, -0.05) is 42.0 Å². The van der Waals surface area contributed by atoms with E-state index in [0.29, 0.717) is 0 Å². The van der Waals surface area contributed by atoms with Crippen LogP contribution in [0.1, 0.15) is 21.7 Å². The van der Waals surface area contributed by atoms with Crippen molar-refractivity contribution in [3.8, 4) is 11.3 Å². The van der Waals surface area contributed by atoms with Gasteiger partial charge in [0.05, 0.1) is 22.4 Å². The molecule has 0 N–H and O–H groups in total. The van der Waals surface area contributed by atoms with Crippen LogP contribution < -0.4 is 0 Å². The SMILES string of the molecule is Cc1ccc2c(c1)/C(=C\c1cccs1)c1nc3ccccc3nc1-2. The molecule has 24 heavy (non-hydrogen) atoms. The number of hydrogen-bond donors (Lipinski definition) is 0. The van der Waals surface area contributed by atoms with Gasteiger partial charge < -0.3 is 0 Å². The van der Waals surface area contributed by atoms with Gasteiger partial charge in [0.25, 0.3) is 0 Å². The molecule has 0 atom stereocenters. The lowest BCUT2D eigenvalue weighted by molar-refractivity contribution is 1.28. The van der Waals surface area contributed by atoms with E-state index in [1.807, 2.05) is 24.3 Å². The lowest BCUT2D eigenvalue weighted by Crippen LogP contribution is -1.92. The van der Waals surface area contributed by atoms with Crippen molar-refractivity contribution >= 4 is 34.0 Å². The highest BCUT2D eigenvalue weighted by Gasteiger charge is 2.27. The molecular formula is C21H14N2S. The van der Waals surface area contributed by atoms with E-state index in [9.17, 15) is 0 Å². The fraction of sp³-hybridized carbons (Fsp3) is 0.0476. The van der Waals surface area contributed by atoms with Crippen LogP contribution in [-0.2, 0) is 0 Å². The average Bonchev–Trinajstić information content (AvgIpc) is 3.21. The third kappa shape index (κ3) is 2.02. The van der Waals surface area contributed by atoms with Crippen LogP contribution >= 0.6 is 11.3 Å². The van der Waals surface area contributed by atoms with Gasteiger partial charge in [0.2, 0.25) is 0 Å². The third-order valence-corrected chi connectivity index (χ3v) is 5.20. The van der Waals surface area contributed by atoms with E-state index < -0.39 is 0 Å². The van der Waals surface area contributed by atoms with Gasteiger partial charge in [0.15, 0.2) is 0 Å². The largest absolute Gasteiger partial charge is 0.244 e. The molecule has 0 spiro atoms. The zero-order chi connectivity index (χ0) is 16.1. The number of benzene rings is 2. The van der Waals surface area contributed by atoms with Crippen LogP contribution in [0.3, 0.4) is 0 Å². The Labute approximate surface area is 144 Å². The van der Waals surface area contributed by atoms with E-state index in [4.69, 9.17) is 9.97 Å². The lowest BCUT2D eigenvalue weighted by Gasteiger charge is -2.03. The first-order chi connectivity index (χ1) is 11.8. The summed E-state index contributed by atoms with van der Waals surface area (Å²) >= 11 is 1.74. The van der Waals surface area contributed by atoms with Gasteiger partial charge in [0, 0.05) is 16.0 Å². The molecule has 2 heterocycles. The Kier molecular flexibility index (Phi) is 2.91. The van der Waals surface area contributed by atoms with E-state index in [1.165, 1.54) is 27.1 Å². The summed E-state index contributed by atoms with van der Waals surface area (Å²) in [4.78, 5) is 11.1. The van der Waals surface area contributed by atoms with Crippen molar-refractivity contribution in [2.45, 2.75) is 6.92 Å². The molecule has 1 aliphatic carbocycles. The summed E-state index contributed by atoms with van der Waals surface area (Å²) in [6, 6.07) is 18.8. The topological polar surface area (TPSA) is 25.8 Å². The molecule has 0 amide bonds. The fourth-order valence-corrected chi connectivity index (χ4v) is 3.91. The van der Waals surface area contributed by atoms with Gasteiger partial charge in [-0.2, -0.15) is 0 Å². The lowest BCUT2D eigenvalue weighted by atomic mass is 10.0. The van der Waals surface area contributed by atoms with Gasteiger partial charge >= 0.3 is 0 Å². The maximum Gasteiger partial charge on any atom is 0.0980 e. The molecule has 0 saturated carbocycles. The zero-order valence-electron chi connectivity index (χ0n) is 13.2. The van der Waals surface area contributed by atoms with E-state index >= 15 is 0 Å². The summed E-state index contributed by atoms with van der Waals surface area (Å²) in [7, 11) is 0. The van der Waals surface area contributed by atoms with Gasteiger partial charge in [0.1, 0.15) is 0 Å². The van der Waals surface area contributed by atoms with Crippen LogP contribution in [0.4, 0.5) is 0 Å². The summed E-state index contributed by atoms with van der Waals surface area (Å²) < 4.78 is 0. The highest BCUT2D eigenvalue weighted by atomic mass is 32.1. The number of para-hydroxylation sites is 2. The quantitative estimate of drug-likeness (QED) is 0.402. The first kappa shape index (κ1) is 13.6.